The van der Waals surface area contributed by atoms with Gasteiger partial charge in [-0.25, -0.2) is 0 Å². The van der Waals surface area contributed by atoms with Crippen LogP contribution in [0.2, 0.25) is 0 Å². The Kier molecular flexibility index (Phi) is 6.39. The highest BCUT2D eigenvalue weighted by Gasteiger charge is 2.16. The van der Waals surface area contributed by atoms with Crippen LogP contribution in [0.5, 0.6) is 0 Å². The molecule has 0 saturated carbocycles. The number of nitrogens with zero attached hydrogens (tertiary/aromatic N) is 1. The molecular formula is C14H22N2O2. The van der Waals surface area contributed by atoms with Gasteiger partial charge < -0.3 is 10.5 Å². The molecule has 0 spiro atoms. The maximum atomic E-state index is 11.2. The molecule has 1 unspecified atom stereocenters. The normalized spacial score (nSPS) is 12.4. The Balaban J connectivity index is 2.64. The van der Waals surface area contributed by atoms with Gasteiger partial charge in [0.2, 0.25) is 0 Å². The van der Waals surface area contributed by atoms with Gasteiger partial charge in [-0.1, -0.05) is 30.3 Å². The maximum absolute atomic E-state index is 11.2. The zero-order chi connectivity index (χ0) is 13.4. The average molecular weight is 250 g/mol. The van der Waals surface area contributed by atoms with Gasteiger partial charge in [-0.05, 0) is 25.6 Å². The van der Waals surface area contributed by atoms with E-state index in [1.54, 1.807) is 0 Å². The van der Waals surface area contributed by atoms with E-state index in [1.165, 1.54) is 12.7 Å². The molecule has 1 rings (SSSR count). The van der Waals surface area contributed by atoms with Crippen LogP contribution < -0.4 is 5.73 Å². The Labute approximate surface area is 109 Å². The number of carbonyl (C=O) groups excluding carboxylic acids is 1. The summed E-state index contributed by atoms with van der Waals surface area (Å²) < 4.78 is 4.66. The first kappa shape index (κ1) is 14.7. The third-order valence-corrected chi connectivity index (χ3v) is 3.05. The molecule has 0 fully saturated rings. The lowest BCUT2D eigenvalue weighted by Crippen LogP contribution is -2.29. The number of rotatable bonds is 7. The smallest absolute Gasteiger partial charge is 0.306 e. The molecular weight excluding hydrogens is 228 g/mol. The van der Waals surface area contributed by atoms with Crippen LogP contribution in [0.3, 0.4) is 0 Å². The molecule has 0 aliphatic rings. The van der Waals surface area contributed by atoms with E-state index >= 15 is 0 Å². The first-order valence-corrected chi connectivity index (χ1v) is 6.21. The number of nitrogens with two attached hydrogens (primary N) is 1. The van der Waals surface area contributed by atoms with Crippen molar-refractivity contribution < 1.29 is 9.53 Å². The molecule has 0 aliphatic carbocycles. The Hall–Kier alpha value is -1.39. The topological polar surface area (TPSA) is 55.6 Å². The fraction of sp³-hybridized carbons (Fsp3) is 0.500. The zero-order valence-corrected chi connectivity index (χ0v) is 11.1. The molecule has 1 aromatic rings. The van der Waals surface area contributed by atoms with Crippen molar-refractivity contribution in [1.29, 1.82) is 0 Å². The number of hydrogen-bond donors (Lipinski definition) is 1. The molecule has 0 radical (unpaired) electrons. The van der Waals surface area contributed by atoms with Crippen LogP contribution in [0.25, 0.3) is 0 Å². The first-order valence-electron chi connectivity index (χ1n) is 6.21. The summed E-state index contributed by atoms with van der Waals surface area (Å²) in [5.74, 6) is -0.179. The van der Waals surface area contributed by atoms with Gasteiger partial charge in [-0.2, -0.15) is 0 Å². The molecule has 4 nitrogen and oxygen atoms in total. The van der Waals surface area contributed by atoms with Crippen LogP contribution in [0, 0.1) is 0 Å². The van der Waals surface area contributed by atoms with E-state index < -0.39 is 0 Å². The Morgan fingerprint density at radius 2 is 2.06 bits per heavy atom. The number of benzene rings is 1. The highest BCUT2D eigenvalue weighted by atomic mass is 16.5. The fourth-order valence-corrected chi connectivity index (χ4v) is 2.00. The predicted octanol–water partition coefficient (Wildman–Crippen LogP) is 1.57. The molecule has 0 amide bonds. The molecule has 1 aromatic carbocycles. The monoisotopic (exact) mass is 250 g/mol. The molecule has 100 valence electrons. The van der Waals surface area contributed by atoms with Gasteiger partial charge in [-0.3, -0.25) is 9.69 Å². The number of esters is 1. The summed E-state index contributed by atoms with van der Waals surface area (Å²) in [7, 11) is 3.42. The minimum absolute atomic E-state index is 0.179. The van der Waals surface area contributed by atoms with Crippen molar-refractivity contribution in [3.63, 3.8) is 0 Å². The Bertz CT molecular complexity index is 354. The fourth-order valence-electron chi connectivity index (χ4n) is 2.00. The second kappa shape index (κ2) is 7.84. The number of methoxy groups -OCH3 is 1. The molecule has 0 heterocycles. The van der Waals surface area contributed by atoms with Gasteiger partial charge in [-0.15, -0.1) is 0 Å². The Morgan fingerprint density at radius 3 is 2.61 bits per heavy atom. The van der Waals surface area contributed by atoms with Crippen LogP contribution >= 0.6 is 0 Å². The van der Waals surface area contributed by atoms with Crippen molar-refractivity contribution in [2.75, 3.05) is 27.2 Å². The van der Waals surface area contributed by atoms with Gasteiger partial charge >= 0.3 is 5.97 Å². The van der Waals surface area contributed by atoms with Crippen LogP contribution in [0.4, 0.5) is 0 Å². The summed E-state index contributed by atoms with van der Waals surface area (Å²) in [6, 6.07) is 10.5. The van der Waals surface area contributed by atoms with Crippen molar-refractivity contribution in [1.82, 2.24) is 4.90 Å². The molecule has 18 heavy (non-hydrogen) atoms. The third kappa shape index (κ3) is 4.47. The summed E-state index contributed by atoms with van der Waals surface area (Å²) in [5.41, 5.74) is 6.90. The molecule has 0 saturated heterocycles. The van der Waals surface area contributed by atoms with Crippen molar-refractivity contribution in [2.24, 2.45) is 5.73 Å². The van der Waals surface area contributed by atoms with Gasteiger partial charge in [0.15, 0.2) is 0 Å². The molecule has 0 aliphatic heterocycles. The summed E-state index contributed by atoms with van der Waals surface area (Å²) in [4.78, 5) is 13.3. The molecule has 1 atom stereocenters. The summed E-state index contributed by atoms with van der Waals surface area (Å²) in [6.45, 7) is 1.30. The van der Waals surface area contributed by atoms with Crippen LogP contribution in [0.1, 0.15) is 24.4 Å². The van der Waals surface area contributed by atoms with Crippen LogP contribution in [-0.2, 0) is 9.53 Å². The van der Waals surface area contributed by atoms with E-state index in [-0.39, 0.29) is 12.0 Å². The molecule has 0 bridgehead atoms. The number of carbonyl (C=O) groups is 1. The summed E-state index contributed by atoms with van der Waals surface area (Å²) >= 11 is 0. The minimum atomic E-state index is -0.179. The second-order valence-electron chi connectivity index (χ2n) is 4.31. The van der Waals surface area contributed by atoms with Crippen LogP contribution in [-0.4, -0.2) is 38.1 Å². The van der Waals surface area contributed by atoms with Crippen molar-refractivity contribution in [3.05, 3.63) is 35.9 Å². The van der Waals surface area contributed by atoms with Gasteiger partial charge in [0, 0.05) is 12.6 Å². The highest BCUT2D eigenvalue weighted by molar-refractivity contribution is 5.69. The van der Waals surface area contributed by atoms with Gasteiger partial charge in [0.1, 0.15) is 0 Å². The quantitative estimate of drug-likeness (QED) is 0.746. The number of hydrogen-bond acceptors (Lipinski definition) is 4. The minimum Gasteiger partial charge on any atom is -0.469 e. The SMILES string of the molecule is COC(=O)CCN(C)C(CCN)c1ccccc1. The lowest BCUT2D eigenvalue weighted by Gasteiger charge is -2.27. The predicted molar refractivity (Wildman–Crippen MR) is 72.1 cm³/mol. The first-order chi connectivity index (χ1) is 8.69. The number of ether oxygens (including phenoxy) is 1. The van der Waals surface area contributed by atoms with Gasteiger partial charge in [0.05, 0.1) is 13.5 Å². The third-order valence-electron chi connectivity index (χ3n) is 3.05. The van der Waals surface area contributed by atoms with E-state index in [0.717, 1.165) is 6.42 Å². The van der Waals surface area contributed by atoms with E-state index in [2.05, 4.69) is 21.8 Å². The van der Waals surface area contributed by atoms with Crippen molar-refractivity contribution >= 4 is 5.97 Å². The highest BCUT2D eigenvalue weighted by Crippen LogP contribution is 2.22. The summed E-state index contributed by atoms with van der Waals surface area (Å²) in [6.07, 6.45) is 1.28. The molecule has 0 aromatic heterocycles. The molecule has 2 N–H and O–H groups in total. The molecule has 4 heteroatoms. The lowest BCUT2D eigenvalue weighted by atomic mass is 10.0. The van der Waals surface area contributed by atoms with E-state index in [0.29, 0.717) is 19.5 Å². The average Bonchev–Trinajstić information content (AvgIpc) is 2.42. The second-order valence-corrected chi connectivity index (χ2v) is 4.31. The van der Waals surface area contributed by atoms with E-state index in [4.69, 9.17) is 5.73 Å². The zero-order valence-electron chi connectivity index (χ0n) is 11.1. The standard InChI is InChI=1S/C14H22N2O2/c1-16(11-9-14(17)18-2)13(8-10-15)12-6-4-3-5-7-12/h3-7,13H,8-11,15H2,1-2H3. The van der Waals surface area contributed by atoms with Crippen molar-refractivity contribution in [3.8, 4) is 0 Å². The largest absolute Gasteiger partial charge is 0.469 e. The summed E-state index contributed by atoms with van der Waals surface area (Å²) in [5, 5.41) is 0. The lowest BCUT2D eigenvalue weighted by molar-refractivity contribution is -0.141. The van der Waals surface area contributed by atoms with Crippen molar-refractivity contribution in [2.45, 2.75) is 18.9 Å². The van der Waals surface area contributed by atoms with E-state index in [1.807, 2.05) is 25.2 Å². The Morgan fingerprint density at radius 1 is 1.39 bits per heavy atom. The van der Waals surface area contributed by atoms with Crippen LogP contribution in [0.15, 0.2) is 30.3 Å². The maximum Gasteiger partial charge on any atom is 0.306 e. The van der Waals surface area contributed by atoms with E-state index in [9.17, 15) is 4.79 Å². The van der Waals surface area contributed by atoms with Gasteiger partial charge in [0.25, 0.3) is 0 Å².